The Balaban J connectivity index is 1.94. The average Bonchev–Trinajstić information content (AvgIpc) is 2.48. The smallest absolute Gasteiger partial charge is 0.322 e. The Labute approximate surface area is 118 Å². The minimum atomic E-state index is -0.842. The molecule has 2 rings (SSSR count). The summed E-state index contributed by atoms with van der Waals surface area (Å²) < 4.78 is 5.14. The second-order valence-corrected chi connectivity index (χ2v) is 4.81. The zero-order valence-corrected chi connectivity index (χ0v) is 11.7. The molecule has 3 N–H and O–H groups in total. The van der Waals surface area contributed by atoms with Crippen molar-refractivity contribution >= 4 is 11.7 Å². The normalized spacial score (nSPS) is 17.8. The van der Waals surface area contributed by atoms with Crippen LogP contribution in [0, 0.1) is 0 Å². The predicted octanol–water partition coefficient (Wildman–Crippen LogP) is 0.229. The highest BCUT2D eigenvalue weighted by molar-refractivity contribution is 5.73. The van der Waals surface area contributed by atoms with Gasteiger partial charge in [-0.1, -0.05) is 0 Å². The summed E-state index contributed by atoms with van der Waals surface area (Å²) in [6, 6.07) is 7.33. The number of carbonyl (C=O) groups is 1. The first kappa shape index (κ1) is 14.6. The molecule has 1 aliphatic heterocycles. The van der Waals surface area contributed by atoms with Gasteiger partial charge in [0.2, 0.25) is 0 Å². The molecule has 1 atom stereocenters. The van der Waals surface area contributed by atoms with Gasteiger partial charge in [0.1, 0.15) is 11.8 Å². The van der Waals surface area contributed by atoms with Crippen LogP contribution in [0.25, 0.3) is 0 Å². The first-order valence-electron chi connectivity index (χ1n) is 6.71. The molecular formula is C14H21N3O3. The van der Waals surface area contributed by atoms with E-state index in [9.17, 15) is 4.79 Å². The molecule has 0 bridgehead atoms. The van der Waals surface area contributed by atoms with E-state index in [-0.39, 0.29) is 6.54 Å². The number of nitrogens with two attached hydrogens (primary N) is 1. The lowest BCUT2D eigenvalue weighted by atomic mass is 10.2. The Hall–Kier alpha value is -1.79. The lowest BCUT2D eigenvalue weighted by molar-refractivity contribution is -0.143. The number of piperazine rings is 1. The molecule has 1 unspecified atom stereocenters. The minimum absolute atomic E-state index is 0.151. The van der Waals surface area contributed by atoms with Gasteiger partial charge in [-0.05, 0) is 24.3 Å². The molecule has 1 aliphatic rings. The van der Waals surface area contributed by atoms with Crippen molar-refractivity contribution in [2.24, 2.45) is 5.73 Å². The molecule has 1 heterocycles. The number of anilines is 1. The number of carboxylic acids is 1. The molecule has 6 heteroatoms. The zero-order chi connectivity index (χ0) is 14.5. The summed E-state index contributed by atoms with van der Waals surface area (Å²) in [5.74, 6) is -0.00754. The lowest BCUT2D eigenvalue weighted by Gasteiger charge is -2.38. The third-order valence-electron chi connectivity index (χ3n) is 3.70. The molecule has 1 fully saturated rings. The standard InChI is InChI=1S/C14H21N3O3/c1-20-12-4-2-11(3-5-12)16-6-8-17(9-7-16)13(10-15)14(18)19/h2-5,13H,6-10,15H2,1H3,(H,18,19). The van der Waals surface area contributed by atoms with Gasteiger partial charge < -0.3 is 20.5 Å². The van der Waals surface area contributed by atoms with Crippen LogP contribution in [0.2, 0.25) is 0 Å². The number of benzene rings is 1. The predicted molar refractivity (Wildman–Crippen MR) is 77.3 cm³/mol. The van der Waals surface area contributed by atoms with Crippen molar-refractivity contribution in [2.75, 3.05) is 44.7 Å². The van der Waals surface area contributed by atoms with Gasteiger partial charge in [-0.3, -0.25) is 9.69 Å². The Kier molecular flexibility index (Phi) is 4.81. The number of hydrogen-bond acceptors (Lipinski definition) is 5. The highest BCUT2D eigenvalue weighted by atomic mass is 16.5. The molecule has 0 amide bonds. The maximum atomic E-state index is 11.1. The number of methoxy groups -OCH3 is 1. The topological polar surface area (TPSA) is 79.0 Å². The van der Waals surface area contributed by atoms with E-state index in [1.165, 1.54) is 0 Å². The van der Waals surface area contributed by atoms with Crippen molar-refractivity contribution in [1.82, 2.24) is 4.90 Å². The Morgan fingerprint density at radius 3 is 2.35 bits per heavy atom. The van der Waals surface area contributed by atoms with E-state index < -0.39 is 12.0 Å². The molecule has 1 aromatic carbocycles. The van der Waals surface area contributed by atoms with E-state index in [0.717, 1.165) is 24.5 Å². The highest BCUT2D eigenvalue weighted by Crippen LogP contribution is 2.20. The number of carboxylic acid groups (broad SMARTS) is 1. The van der Waals surface area contributed by atoms with Crippen LogP contribution in [-0.4, -0.2) is 61.9 Å². The molecule has 20 heavy (non-hydrogen) atoms. The van der Waals surface area contributed by atoms with Crippen LogP contribution < -0.4 is 15.4 Å². The van der Waals surface area contributed by atoms with E-state index in [0.29, 0.717) is 13.1 Å². The van der Waals surface area contributed by atoms with Crippen molar-refractivity contribution in [1.29, 1.82) is 0 Å². The van der Waals surface area contributed by atoms with E-state index in [1.54, 1.807) is 7.11 Å². The zero-order valence-electron chi connectivity index (χ0n) is 11.7. The van der Waals surface area contributed by atoms with Gasteiger partial charge in [-0.15, -0.1) is 0 Å². The number of aliphatic carboxylic acids is 1. The first-order chi connectivity index (χ1) is 9.65. The minimum Gasteiger partial charge on any atom is -0.497 e. The molecule has 0 aliphatic carbocycles. The molecule has 6 nitrogen and oxygen atoms in total. The largest absolute Gasteiger partial charge is 0.497 e. The van der Waals surface area contributed by atoms with E-state index in [1.807, 2.05) is 29.2 Å². The van der Waals surface area contributed by atoms with Crippen molar-refractivity contribution in [3.05, 3.63) is 24.3 Å². The molecule has 1 saturated heterocycles. The van der Waals surface area contributed by atoms with Crippen LogP contribution in [0.3, 0.4) is 0 Å². The summed E-state index contributed by atoms with van der Waals surface area (Å²) in [7, 11) is 1.65. The monoisotopic (exact) mass is 279 g/mol. The van der Waals surface area contributed by atoms with Gasteiger partial charge in [0, 0.05) is 38.4 Å². The Bertz CT molecular complexity index is 441. The Morgan fingerprint density at radius 1 is 1.30 bits per heavy atom. The van der Waals surface area contributed by atoms with Crippen LogP contribution in [0.15, 0.2) is 24.3 Å². The SMILES string of the molecule is COc1ccc(N2CCN(C(CN)C(=O)O)CC2)cc1. The second-order valence-electron chi connectivity index (χ2n) is 4.81. The average molecular weight is 279 g/mol. The third kappa shape index (κ3) is 3.20. The summed E-state index contributed by atoms with van der Waals surface area (Å²) in [6.07, 6.45) is 0. The fraction of sp³-hybridized carbons (Fsp3) is 0.500. The molecule has 0 aromatic heterocycles. The first-order valence-corrected chi connectivity index (χ1v) is 6.71. The summed E-state index contributed by atoms with van der Waals surface area (Å²) in [4.78, 5) is 15.3. The van der Waals surface area contributed by atoms with E-state index >= 15 is 0 Å². The number of hydrogen-bond donors (Lipinski definition) is 2. The third-order valence-corrected chi connectivity index (χ3v) is 3.70. The van der Waals surface area contributed by atoms with E-state index in [2.05, 4.69) is 4.90 Å². The van der Waals surface area contributed by atoms with Gasteiger partial charge in [0.15, 0.2) is 0 Å². The molecule has 0 saturated carbocycles. The highest BCUT2D eigenvalue weighted by Gasteiger charge is 2.27. The molecule has 0 spiro atoms. The molecule has 110 valence electrons. The molecule has 0 radical (unpaired) electrons. The fourth-order valence-corrected chi connectivity index (χ4v) is 2.49. The van der Waals surface area contributed by atoms with Crippen molar-refractivity contribution < 1.29 is 14.6 Å². The number of nitrogens with zero attached hydrogens (tertiary/aromatic N) is 2. The van der Waals surface area contributed by atoms with E-state index in [4.69, 9.17) is 15.6 Å². The summed E-state index contributed by atoms with van der Waals surface area (Å²) >= 11 is 0. The fourth-order valence-electron chi connectivity index (χ4n) is 2.49. The van der Waals surface area contributed by atoms with Crippen LogP contribution in [0.1, 0.15) is 0 Å². The van der Waals surface area contributed by atoms with Gasteiger partial charge in [0.05, 0.1) is 7.11 Å². The van der Waals surface area contributed by atoms with Crippen molar-refractivity contribution in [2.45, 2.75) is 6.04 Å². The van der Waals surface area contributed by atoms with Gasteiger partial charge in [-0.25, -0.2) is 0 Å². The summed E-state index contributed by atoms with van der Waals surface area (Å²) in [6.45, 7) is 3.17. The van der Waals surface area contributed by atoms with Crippen LogP contribution in [0.4, 0.5) is 5.69 Å². The van der Waals surface area contributed by atoms with Crippen LogP contribution in [0.5, 0.6) is 5.75 Å². The van der Waals surface area contributed by atoms with Gasteiger partial charge in [0.25, 0.3) is 0 Å². The quantitative estimate of drug-likeness (QED) is 0.803. The number of ether oxygens (including phenoxy) is 1. The lowest BCUT2D eigenvalue weighted by Crippen LogP contribution is -2.55. The van der Waals surface area contributed by atoms with Crippen molar-refractivity contribution in [3.63, 3.8) is 0 Å². The summed E-state index contributed by atoms with van der Waals surface area (Å²) in [5.41, 5.74) is 6.66. The van der Waals surface area contributed by atoms with Crippen molar-refractivity contribution in [3.8, 4) is 5.75 Å². The second kappa shape index (κ2) is 6.58. The molecular weight excluding hydrogens is 258 g/mol. The van der Waals surface area contributed by atoms with Gasteiger partial charge >= 0.3 is 5.97 Å². The molecule has 1 aromatic rings. The summed E-state index contributed by atoms with van der Waals surface area (Å²) in [5, 5.41) is 9.12. The maximum absolute atomic E-state index is 11.1. The van der Waals surface area contributed by atoms with Gasteiger partial charge in [-0.2, -0.15) is 0 Å². The maximum Gasteiger partial charge on any atom is 0.322 e. The van der Waals surface area contributed by atoms with Crippen LogP contribution >= 0.6 is 0 Å². The van der Waals surface area contributed by atoms with Crippen LogP contribution in [-0.2, 0) is 4.79 Å². The Morgan fingerprint density at radius 2 is 1.90 bits per heavy atom. The number of rotatable bonds is 5.